The van der Waals surface area contributed by atoms with Gasteiger partial charge in [-0.05, 0) is 42.8 Å². The van der Waals surface area contributed by atoms with Crippen LogP contribution in [0.15, 0.2) is 48.5 Å². The molecule has 2 nitrogen and oxygen atoms in total. The highest BCUT2D eigenvalue weighted by molar-refractivity contribution is 6.33. The van der Waals surface area contributed by atoms with E-state index in [-0.39, 0.29) is 0 Å². The summed E-state index contributed by atoms with van der Waals surface area (Å²) < 4.78 is 0. The van der Waals surface area contributed by atoms with Crippen molar-refractivity contribution >= 4 is 23.0 Å². The fourth-order valence-corrected chi connectivity index (χ4v) is 2.46. The topological polar surface area (TPSA) is 15.3 Å². The van der Waals surface area contributed by atoms with Gasteiger partial charge in [-0.2, -0.15) is 0 Å². The van der Waals surface area contributed by atoms with Crippen LogP contribution in [0.5, 0.6) is 0 Å². The predicted octanol–water partition coefficient (Wildman–Crippen LogP) is 4.61. The molecule has 0 unspecified atom stereocenters. The number of rotatable bonds is 6. The zero-order chi connectivity index (χ0) is 14.4. The first kappa shape index (κ1) is 14.9. The van der Waals surface area contributed by atoms with E-state index >= 15 is 0 Å². The molecule has 0 saturated heterocycles. The van der Waals surface area contributed by atoms with Crippen molar-refractivity contribution in [3.05, 3.63) is 59.1 Å². The minimum Gasteiger partial charge on any atom is -0.343 e. The number of para-hydroxylation sites is 1. The van der Waals surface area contributed by atoms with Gasteiger partial charge in [0, 0.05) is 19.3 Å². The lowest BCUT2D eigenvalue weighted by Crippen LogP contribution is -2.14. The quantitative estimate of drug-likeness (QED) is 0.781. The summed E-state index contributed by atoms with van der Waals surface area (Å²) in [6.45, 7) is 4.06. The molecule has 0 radical (unpaired) electrons. The van der Waals surface area contributed by atoms with Gasteiger partial charge in [0.2, 0.25) is 0 Å². The first-order chi connectivity index (χ1) is 9.72. The molecule has 0 fully saturated rings. The van der Waals surface area contributed by atoms with Gasteiger partial charge in [0.1, 0.15) is 0 Å². The van der Waals surface area contributed by atoms with Gasteiger partial charge in [-0.15, -0.1) is 0 Å². The van der Waals surface area contributed by atoms with Crippen LogP contribution in [0.25, 0.3) is 0 Å². The van der Waals surface area contributed by atoms with Gasteiger partial charge in [-0.25, -0.2) is 0 Å². The largest absolute Gasteiger partial charge is 0.343 e. The third-order valence-electron chi connectivity index (χ3n) is 3.27. The third-order valence-corrected chi connectivity index (χ3v) is 3.58. The van der Waals surface area contributed by atoms with Crippen LogP contribution in [0.1, 0.15) is 18.9 Å². The second-order valence-electron chi connectivity index (χ2n) is 4.86. The molecular weight excluding hydrogens is 268 g/mol. The molecule has 3 heteroatoms. The van der Waals surface area contributed by atoms with E-state index in [2.05, 4.69) is 41.4 Å². The molecule has 0 aliphatic rings. The van der Waals surface area contributed by atoms with Crippen molar-refractivity contribution in [2.24, 2.45) is 0 Å². The lowest BCUT2D eigenvalue weighted by atomic mass is 10.1. The maximum Gasteiger partial charge on any atom is 0.0646 e. The molecule has 0 spiro atoms. The average Bonchev–Trinajstić information content (AvgIpc) is 2.48. The molecule has 0 amide bonds. The van der Waals surface area contributed by atoms with Gasteiger partial charge in [-0.3, -0.25) is 0 Å². The molecule has 2 aromatic rings. The predicted molar refractivity (Wildman–Crippen MR) is 88.0 cm³/mol. The van der Waals surface area contributed by atoms with E-state index in [4.69, 9.17) is 11.6 Å². The summed E-state index contributed by atoms with van der Waals surface area (Å²) in [6, 6.07) is 16.5. The monoisotopic (exact) mass is 288 g/mol. The molecule has 0 aromatic heterocycles. The minimum absolute atomic E-state index is 0.784. The van der Waals surface area contributed by atoms with Crippen LogP contribution in [-0.2, 0) is 6.54 Å². The van der Waals surface area contributed by atoms with E-state index in [1.807, 2.05) is 31.3 Å². The summed E-state index contributed by atoms with van der Waals surface area (Å²) in [6.07, 6.45) is 1.14. The van der Waals surface area contributed by atoms with Crippen molar-refractivity contribution in [2.75, 3.05) is 18.5 Å². The maximum absolute atomic E-state index is 6.42. The Morgan fingerprint density at radius 1 is 1.10 bits per heavy atom. The Kier molecular flexibility index (Phi) is 5.45. The highest BCUT2D eigenvalue weighted by Crippen LogP contribution is 2.31. The van der Waals surface area contributed by atoms with Gasteiger partial charge < -0.3 is 10.2 Å². The van der Waals surface area contributed by atoms with Crippen LogP contribution < -0.4 is 10.2 Å². The molecule has 0 aliphatic heterocycles. The van der Waals surface area contributed by atoms with E-state index in [0.717, 1.165) is 35.9 Å². The Hall–Kier alpha value is -1.51. The van der Waals surface area contributed by atoms with Crippen molar-refractivity contribution in [3.63, 3.8) is 0 Å². The van der Waals surface area contributed by atoms with Crippen molar-refractivity contribution in [1.29, 1.82) is 0 Å². The lowest BCUT2D eigenvalue weighted by molar-refractivity contribution is 0.675. The van der Waals surface area contributed by atoms with Crippen LogP contribution >= 0.6 is 11.6 Å². The average molecular weight is 289 g/mol. The van der Waals surface area contributed by atoms with Crippen LogP contribution in [0, 0.1) is 0 Å². The first-order valence-electron chi connectivity index (χ1n) is 7.00. The summed E-state index contributed by atoms with van der Waals surface area (Å²) in [5, 5.41) is 4.17. The van der Waals surface area contributed by atoms with Gasteiger partial charge in [-0.1, -0.05) is 42.8 Å². The smallest absolute Gasteiger partial charge is 0.0646 e. The highest BCUT2D eigenvalue weighted by atomic mass is 35.5. The van der Waals surface area contributed by atoms with Crippen molar-refractivity contribution in [3.8, 4) is 0 Å². The Morgan fingerprint density at radius 2 is 1.85 bits per heavy atom. The van der Waals surface area contributed by atoms with Crippen LogP contribution in [0.2, 0.25) is 5.02 Å². The van der Waals surface area contributed by atoms with E-state index in [1.54, 1.807) is 0 Å². The minimum atomic E-state index is 0.784. The molecule has 2 aromatic carbocycles. The Bertz CT molecular complexity index is 540. The van der Waals surface area contributed by atoms with Gasteiger partial charge in [0.15, 0.2) is 0 Å². The van der Waals surface area contributed by atoms with E-state index in [9.17, 15) is 0 Å². The van der Waals surface area contributed by atoms with Gasteiger partial charge >= 0.3 is 0 Å². The third kappa shape index (κ3) is 3.75. The number of hydrogen-bond acceptors (Lipinski definition) is 2. The fourth-order valence-electron chi connectivity index (χ4n) is 2.13. The summed E-state index contributed by atoms with van der Waals surface area (Å²) in [7, 11) is 2.03. The maximum atomic E-state index is 6.42. The second kappa shape index (κ2) is 7.32. The molecular formula is C17H21ClN2. The van der Waals surface area contributed by atoms with Crippen LogP contribution in [0.3, 0.4) is 0 Å². The fraction of sp³-hybridized carbons (Fsp3) is 0.294. The zero-order valence-electron chi connectivity index (χ0n) is 12.1. The molecule has 2 rings (SSSR count). The van der Waals surface area contributed by atoms with Crippen LogP contribution in [0.4, 0.5) is 11.4 Å². The molecule has 0 atom stereocenters. The molecule has 20 heavy (non-hydrogen) atoms. The Morgan fingerprint density at radius 3 is 2.50 bits per heavy atom. The number of nitrogens with zero attached hydrogens (tertiary/aromatic N) is 1. The van der Waals surface area contributed by atoms with E-state index in [1.165, 1.54) is 5.56 Å². The zero-order valence-corrected chi connectivity index (χ0v) is 12.8. The summed E-state index contributed by atoms with van der Waals surface area (Å²) in [5.41, 5.74) is 3.37. The molecule has 0 bridgehead atoms. The number of anilines is 2. The lowest BCUT2D eigenvalue weighted by Gasteiger charge is -2.21. The first-order valence-corrected chi connectivity index (χ1v) is 7.38. The molecule has 0 heterocycles. The van der Waals surface area contributed by atoms with E-state index in [0.29, 0.717) is 0 Å². The molecule has 0 saturated carbocycles. The number of hydrogen-bond donors (Lipinski definition) is 1. The Labute approximate surface area is 126 Å². The highest BCUT2D eigenvalue weighted by Gasteiger charge is 2.08. The summed E-state index contributed by atoms with van der Waals surface area (Å²) in [5.74, 6) is 0. The number of halogens is 1. The van der Waals surface area contributed by atoms with Crippen molar-refractivity contribution in [1.82, 2.24) is 5.32 Å². The normalized spacial score (nSPS) is 10.6. The van der Waals surface area contributed by atoms with Crippen molar-refractivity contribution in [2.45, 2.75) is 19.9 Å². The molecule has 106 valence electrons. The van der Waals surface area contributed by atoms with Crippen molar-refractivity contribution < 1.29 is 0 Å². The molecule has 1 N–H and O–H groups in total. The van der Waals surface area contributed by atoms with Gasteiger partial charge in [0.25, 0.3) is 0 Å². The second-order valence-corrected chi connectivity index (χ2v) is 5.26. The van der Waals surface area contributed by atoms with E-state index < -0.39 is 0 Å². The van der Waals surface area contributed by atoms with Crippen LogP contribution in [-0.4, -0.2) is 13.6 Å². The summed E-state index contributed by atoms with van der Waals surface area (Å²) in [4.78, 5) is 2.10. The van der Waals surface area contributed by atoms with Gasteiger partial charge in [0.05, 0.1) is 10.7 Å². The Balaban J connectivity index is 2.13. The molecule has 0 aliphatic carbocycles. The summed E-state index contributed by atoms with van der Waals surface area (Å²) >= 11 is 6.42. The number of nitrogens with one attached hydrogen (secondary N) is 1. The number of benzene rings is 2. The SMILES string of the molecule is CCCNCc1ccc(N(C)c2ccccc2)c(Cl)c1. The standard InChI is InChI=1S/C17H21ClN2/c1-3-11-19-13-14-9-10-17(16(18)12-14)20(2)15-7-5-4-6-8-15/h4-10,12,19H,3,11,13H2,1-2H3.